The lowest BCUT2D eigenvalue weighted by molar-refractivity contribution is -0.0173. The van der Waals surface area contributed by atoms with E-state index in [1.165, 1.54) is 13.8 Å². The molecule has 0 N–H and O–H groups in total. The molecular weight excluding hydrogens is 296 g/mol. The number of halogens is 3. The second-order valence-electron chi connectivity index (χ2n) is 3.69. The number of phosphoric ester groups is 1. The normalized spacial score (nSPS) is 13.7. The molecule has 20 heavy (non-hydrogen) atoms. The molecule has 0 radical (unpaired) electrons. The molecule has 0 saturated heterocycles. The molecule has 0 saturated carbocycles. The highest BCUT2D eigenvalue weighted by molar-refractivity contribution is 7.48. The van der Waals surface area contributed by atoms with Crippen LogP contribution in [0.3, 0.4) is 0 Å². The molecule has 0 bridgehead atoms. The van der Waals surface area contributed by atoms with Gasteiger partial charge in [0.25, 0.3) is 6.43 Å². The maximum Gasteiger partial charge on any atom is 0.475 e. The van der Waals surface area contributed by atoms with Gasteiger partial charge in [-0.05, 0) is 31.5 Å². The van der Waals surface area contributed by atoms with Gasteiger partial charge >= 0.3 is 7.82 Å². The smallest absolute Gasteiger partial charge is 0.287 e. The number of benzene rings is 1. The third-order valence-corrected chi connectivity index (χ3v) is 3.88. The molecule has 0 spiro atoms. The first-order valence-corrected chi connectivity index (χ1v) is 7.49. The highest BCUT2D eigenvalue weighted by Crippen LogP contribution is 2.54. The van der Waals surface area contributed by atoms with Crippen molar-refractivity contribution < 1.29 is 31.3 Å². The van der Waals surface area contributed by atoms with Crippen LogP contribution in [0.1, 0.15) is 25.5 Å². The van der Waals surface area contributed by atoms with Crippen LogP contribution >= 0.6 is 7.82 Å². The lowest BCUT2D eigenvalue weighted by atomic mass is 10.1. The molecule has 0 unspecified atom stereocenters. The van der Waals surface area contributed by atoms with Crippen LogP contribution in [-0.2, 0) is 18.1 Å². The number of phosphoric acid groups is 1. The van der Waals surface area contributed by atoms with Crippen molar-refractivity contribution in [3.05, 3.63) is 35.6 Å². The van der Waals surface area contributed by atoms with Gasteiger partial charge in [-0.1, -0.05) is 12.1 Å². The average Bonchev–Trinajstić information content (AvgIpc) is 2.37. The summed E-state index contributed by atoms with van der Waals surface area (Å²) in [5.74, 6) is -0.570. The zero-order chi connectivity index (χ0) is 15.2. The Balaban J connectivity index is 2.96. The van der Waals surface area contributed by atoms with E-state index in [2.05, 4.69) is 0 Å². The number of rotatable bonds is 8. The van der Waals surface area contributed by atoms with E-state index in [1.807, 2.05) is 0 Å². The van der Waals surface area contributed by atoms with Crippen LogP contribution in [0.25, 0.3) is 0 Å². The second-order valence-corrected chi connectivity index (χ2v) is 5.32. The van der Waals surface area contributed by atoms with Crippen LogP contribution in [0, 0.1) is 5.82 Å². The zero-order valence-corrected chi connectivity index (χ0v) is 12.0. The monoisotopic (exact) mass is 312 g/mol. The van der Waals surface area contributed by atoms with Crippen molar-refractivity contribution in [2.45, 2.75) is 26.4 Å². The van der Waals surface area contributed by atoms with Crippen molar-refractivity contribution in [3.8, 4) is 0 Å². The van der Waals surface area contributed by atoms with Gasteiger partial charge in [-0.25, -0.2) is 17.7 Å². The van der Waals surface area contributed by atoms with E-state index in [0.717, 1.165) is 24.3 Å². The predicted molar refractivity (Wildman–Crippen MR) is 67.1 cm³/mol. The minimum absolute atomic E-state index is 0.0129. The van der Waals surface area contributed by atoms with Crippen molar-refractivity contribution in [3.63, 3.8) is 0 Å². The lowest BCUT2D eigenvalue weighted by Gasteiger charge is -2.23. The van der Waals surface area contributed by atoms with Gasteiger partial charge in [-0.3, -0.25) is 13.6 Å². The molecule has 1 aromatic rings. The van der Waals surface area contributed by atoms with E-state index in [-0.39, 0.29) is 18.8 Å². The Morgan fingerprint density at radius 2 is 1.60 bits per heavy atom. The fourth-order valence-electron chi connectivity index (χ4n) is 1.46. The van der Waals surface area contributed by atoms with E-state index < -0.39 is 26.2 Å². The van der Waals surface area contributed by atoms with Gasteiger partial charge in [-0.15, -0.1) is 0 Å². The van der Waals surface area contributed by atoms with E-state index in [4.69, 9.17) is 13.6 Å². The molecule has 0 fully saturated rings. The van der Waals surface area contributed by atoms with Crippen LogP contribution in [0.5, 0.6) is 0 Å². The van der Waals surface area contributed by atoms with Crippen molar-refractivity contribution in [2.75, 3.05) is 13.2 Å². The van der Waals surface area contributed by atoms with Crippen molar-refractivity contribution in [2.24, 2.45) is 0 Å². The Morgan fingerprint density at radius 3 is 2.00 bits per heavy atom. The third-order valence-electron chi connectivity index (χ3n) is 2.24. The first kappa shape index (κ1) is 17.2. The standard InChI is InChI=1S/C12H16F3O4P/c1-3-17-20(16,18-4-2)19-11(12(14)15)9-5-7-10(13)8-6-9/h5-8,11-12H,3-4H2,1-2H3/t11-/m1/s1. The maximum atomic E-state index is 13.0. The zero-order valence-electron chi connectivity index (χ0n) is 11.1. The number of hydrogen-bond donors (Lipinski definition) is 0. The van der Waals surface area contributed by atoms with Crippen molar-refractivity contribution in [1.82, 2.24) is 0 Å². The fourth-order valence-corrected chi connectivity index (χ4v) is 2.78. The van der Waals surface area contributed by atoms with Gasteiger partial charge in [0, 0.05) is 0 Å². The molecule has 0 aliphatic rings. The summed E-state index contributed by atoms with van der Waals surface area (Å²) in [6.45, 7) is 3.03. The number of alkyl halides is 2. The molecular formula is C12H16F3O4P. The van der Waals surface area contributed by atoms with E-state index in [0.29, 0.717) is 0 Å². The Labute approximate surface area is 115 Å². The van der Waals surface area contributed by atoms with E-state index >= 15 is 0 Å². The summed E-state index contributed by atoms with van der Waals surface area (Å²) in [5.41, 5.74) is -0.0129. The third kappa shape index (κ3) is 4.90. The molecule has 0 amide bonds. The molecule has 0 aliphatic heterocycles. The summed E-state index contributed by atoms with van der Waals surface area (Å²) < 4.78 is 65.4. The topological polar surface area (TPSA) is 44.8 Å². The fraction of sp³-hybridized carbons (Fsp3) is 0.500. The Kier molecular flexibility index (Phi) is 6.68. The van der Waals surface area contributed by atoms with E-state index in [1.54, 1.807) is 0 Å². The molecule has 1 atom stereocenters. The maximum absolute atomic E-state index is 13.0. The first-order chi connectivity index (χ1) is 9.41. The summed E-state index contributed by atoms with van der Waals surface area (Å²) in [6, 6.07) is 4.30. The van der Waals surface area contributed by atoms with Crippen molar-refractivity contribution in [1.29, 1.82) is 0 Å². The molecule has 114 valence electrons. The quantitative estimate of drug-likeness (QED) is 0.670. The molecule has 0 heterocycles. The van der Waals surface area contributed by atoms with Gasteiger partial charge in [0.05, 0.1) is 13.2 Å². The summed E-state index contributed by atoms with van der Waals surface area (Å²) in [7, 11) is -4.08. The van der Waals surface area contributed by atoms with Crippen LogP contribution < -0.4 is 0 Å². The lowest BCUT2D eigenvalue weighted by Crippen LogP contribution is -2.14. The molecule has 1 aromatic carbocycles. The Morgan fingerprint density at radius 1 is 1.10 bits per heavy atom. The number of hydrogen-bond acceptors (Lipinski definition) is 4. The van der Waals surface area contributed by atoms with E-state index in [9.17, 15) is 17.7 Å². The SMILES string of the molecule is CCOP(=O)(OCC)O[C@H](c1ccc(F)cc1)C(F)F. The van der Waals surface area contributed by atoms with Gasteiger partial charge in [-0.2, -0.15) is 0 Å². The highest BCUT2D eigenvalue weighted by Gasteiger charge is 2.35. The Bertz CT molecular complexity index is 443. The summed E-state index contributed by atoms with van der Waals surface area (Å²) in [5, 5.41) is 0. The molecule has 0 aliphatic carbocycles. The molecule has 0 aromatic heterocycles. The van der Waals surface area contributed by atoms with Gasteiger partial charge < -0.3 is 0 Å². The first-order valence-electron chi connectivity index (χ1n) is 6.03. The van der Waals surface area contributed by atoms with Crippen LogP contribution in [-0.4, -0.2) is 19.6 Å². The van der Waals surface area contributed by atoms with Crippen LogP contribution in [0.15, 0.2) is 24.3 Å². The molecule has 1 rings (SSSR count). The van der Waals surface area contributed by atoms with Crippen LogP contribution in [0.2, 0.25) is 0 Å². The van der Waals surface area contributed by atoms with Crippen molar-refractivity contribution >= 4 is 7.82 Å². The van der Waals surface area contributed by atoms with Crippen LogP contribution in [0.4, 0.5) is 13.2 Å². The van der Waals surface area contributed by atoms with Gasteiger partial charge in [0.15, 0.2) is 6.10 Å². The Hall–Kier alpha value is -0.880. The molecule has 4 nitrogen and oxygen atoms in total. The average molecular weight is 312 g/mol. The minimum atomic E-state index is -4.08. The summed E-state index contributed by atoms with van der Waals surface area (Å²) in [6.07, 6.45) is -4.78. The second kappa shape index (κ2) is 7.78. The van der Waals surface area contributed by atoms with Gasteiger partial charge in [0.2, 0.25) is 0 Å². The van der Waals surface area contributed by atoms with Gasteiger partial charge in [0.1, 0.15) is 5.82 Å². The largest absolute Gasteiger partial charge is 0.475 e. The molecule has 8 heteroatoms. The summed E-state index contributed by atoms with van der Waals surface area (Å²) in [4.78, 5) is 0. The summed E-state index contributed by atoms with van der Waals surface area (Å²) >= 11 is 0. The predicted octanol–water partition coefficient (Wildman–Crippen LogP) is 4.33. The highest BCUT2D eigenvalue weighted by atomic mass is 31.2. The minimum Gasteiger partial charge on any atom is -0.287 e.